The van der Waals surface area contributed by atoms with Gasteiger partial charge in [0.15, 0.2) is 0 Å². The van der Waals surface area contributed by atoms with E-state index in [9.17, 15) is 19.5 Å². The fourth-order valence-corrected chi connectivity index (χ4v) is 2.34. The molecule has 8 nitrogen and oxygen atoms in total. The van der Waals surface area contributed by atoms with Crippen molar-refractivity contribution < 1.29 is 24.2 Å². The van der Waals surface area contributed by atoms with Gasteiger partial charge in [0.25, 0.3) is 0 Å². The van der Waals surface area contributed by atoms with E-state index in [-0.39, 0.29) is 19.5 Å². The van der Waals surface area contributed by atoms with E-state index in [1.165, 1.54) is 0 Å². The van der Waals surface area contributed by atoms with Crippen LogP contribution in [0.1, 0.15) is 39.2 Å². The fourth-order valence-electron chi connectivity index (χ4n) is 2.34. The molecule has 0 aliphatic heterocycles. The van der Waals surface area contributed by atoms with Crippen LogP contribution in [-0.2, 0) is 16.1 Å². The molecule has 0 spiro atoms. The predicted molar refractivity (Wildman–Crippen MR) is 96.5 cm³/mol. The molecule has 0 bridgehead atoms. The Labute approximate surface area is 153 Å². The highest BCUT2D eigenvalue weighted by Crippen LogP contribution is 2.13. The molecule has 8 heteroatoms. The zero-order chi connectivity index (χ0) is 19.7. The van der Waals surface area contributed by atoms with Gasteiger partial charge in [-0.05, 0) is 39.2 Å². The van der Waals surface area contributed by atoms with Gasteiger partial charge in [-0.15, -0.1) is 0 Å². The Hall–Kier alpha value is -2.77. The van der Waals surface area contributed by atoms with Gasteiger partial charge in [-0.25, -0.2) is 9.59 Å². The molecule has 0 saturated heterocycles. The summed E-state index contributed by atoms with van der Waals surface area (Å²) >= 11 is 0. The number of carbonyl (C=O) groups is 3. The zero-order valence-corrected chi connectivity index (χ0v) is 15.4. The van der Waals surface area contributed by atoms with Gasteiger partial charge >= 0.3 is 12.2 Å². The van der Waals surface area contributed by atoms with Crippen molar-refractivity contribution in [3.8, 4) is 0 Å². The fraction of sp³-hybridized carbons (Fsp3) is 0.500. The van der Waals surface area contributed by atoms with Crippen molar-refractivity contribution in [2.45, 2.75) is 51.8 Å². The van der Waals surface area contributed by atoms with Gasteiger partial charge < -0.3 is 20.9 Å². The summed E-state index contributed by atoms with van der Waals surface area (Å²) in [6.07, 6.45) is -1.21. The highest BCUT2D eigenvalue weighted by molar-refractivity contribution is 5.83. The molecule has 144 valence electrons. The molecule has 1 rings (SSSR count). The zero-order valence-electron chi connectivity index (χ0n) is 15.4. The Morgan fingerprint density at radius 3 is 2.35 bits per heavy atom. The van der Waals surface area contributed by atoms with E-state index < -0.39 is 29.7 Å². The first-order chi connectivity index (χ1) is 12.1. The number of hydrogen-bond acceptors (Lipinski definition) is 4. The van der Waals surface area contributed by atoms with Crippen molar-refractivity contribution in [3.63, 3.8) is 0 Å². The second-order valence-electron chi connectivity index (χ2n) is 6.89. The standard InChI is InChI=1S/C18H27N3O5/c1-18(2,3)26-16(23)20-11-7-10-14(15(19)22)21(17(24)25)12-13-8-5-4-6-9-13/h4-6,8-9,14H,7,10-12H2,1-3H3,(H2,19,22)(H,20,23)(H,24,25)/t14-/m0/s1. The third-order valence-corrected chi connectivity index (χ3v) is 3.47. The number of hydrogen-bond donors (Lipinski definition) is 3. The maximum Gasteiger partial charge on any atom is 0.408 e. The Balaban J connectivity index is 2.61. The van der Waals surface area contributed by atoms with Crippen LogP contribution in [0.2, 0.25) is 0 Å². The van der Waals surface area contributed by atoms with Gasteiger partial charge in [0, 0.05) is 13.1 Å². The van der Waals surface area contributed by atoms with Crippen molar-refractivity contribution >= 4 is 18.1 Å². The van der Waals surface area contributed by atoms with Crippen LogP contribution in [0.3, 0.4) is 0 Å². The normalized spacial score (nSPS) is 12.1. The molecule has 4 N–H and O–H groups in total. The Morgan fingerprint density at radius 1 is 1.23 bits per heavy atom. The minimum atomic E-state index is -1.22. The Morgan fingerprint density at radius 2 is 1.85 bits per heavy atom. The lowest BCUT2D eigenvalue weighted by molar-refractivity contribution is -0.123. The lowest BCUT2D eigenvalue weighted by Gasteiger charge is -2.27. The molecule has 0 radical (unpaired) electrons. The van der Waals surface area contributed by atoms with E-state index in [1.54, 1.807) is 45.0 Å². The van der Waals surface area contributed by atoms with Crippen LogP contribution >= 0.6 is 0 Å². The van der Waals surface area contributed by atoms with E-state index >= 15 is 0 Å². The number of nitrogens with two attached hydrogens (primary N) is 1. The Bertz CT molecular complexity index is 613. The summed E-state index contributed by atoms with van der Waals surface area (Å²) in [5.41, 5.74) is 5.55. The average Bonchev–Trinajstić information content (AvgIpc) is 2.52. The molecule has 0 unspecified atom stereocenters. The van der Waals surface area contributed by atoms with Gasteiger partial charge in [0.2, 0.25) is 5.91 Å². The average molecular weight is 365 g/mol. The number of rotatable bonds is 8. The number of carboxylic acid groups (broad SMARTS) is 1. The van der Waals surface area contributed by atoms with Crippen LogP contribution in [0.4, 0.5) is 9.59 Å². The molecular weight excluding hydrogens is 338 g/mol. The molecule has 1 aromatic rings. The van der Waals surface area contributed by atoms with E-state index in [1.807, 2.05) is 6.07 Å². The Kier molecular flexibility index (Phi) is 7.89. The van der Waals surface area contributed by atoms with Crippen LogP contribution in [0.5, 0.6) is 0 Å². The summed E-state index contributed by atoms with van der Waals surface area (Å²) < 4.78 is 5.11. The molecule has 0 aliphatic rings. The lowest BCUT2D eigenvalue weighted by Crippen LogP contribution is -2.47. The summed E-state index contributed by atoms with van der Waals surface area (Å²) in [6, 6.07) is 7.98. The number of nitrogens with zero attached hydrogens (tertiary/aromatic N) is 1. The molecule has 0 fully saturated rings. The summed E-state index contributed by atoms with van der Waals surface area (Å²) in [7, 11) is 0. The predicted octanol–water partition coefficient (Wildman–Crippen LogP) is 2.33. The van der Waals surface area contributed by atoms with Gasteiger partial charge in [0.05, 0.1) is 0 Å². The summed E-state index contributed by atoms with van der Waals surface area (Å²) in [6.45, 7) is 5.57. The summed E-state index contributed by atoms with van der Waals surface area (Å²) in [5.74, 6) is -0.722. The van der Waals surface area contributed by atoms with Crippen molar-refractivity contribution in [3.05, 3.63) is 35.9 Å². The number of primary amides is 1. The molecule has 1 aromatic carbocycles. The first kappa shape index (κ1) is 21.3. The summed E-state index contributed by atoms with van der Waals surface area (Å²) in [5, 5.41) is 12.0. The highest BCUT2D eigenvalue weighted by Gasteiger charge is 2.28. The lowest BCUT2D eigenvalue weighted by atomic mass is 10.1. The monoisotopic (exact) mass is 365 g/mol. The van der Waals surface area contributed by atoms with Gasteiger partial charge in [0.1, 0.15) is 11.6 Å². The summed E-state index contributed by atoms with van der Waals surface area (Å²) in [4.78, 5) is 35.9. The van der Waals surface area contributed by atoms with E-state index in [2.05, 4.69) is 5.32 Å². The first-order valence-electron chi connectivity index (χ1n) is 8.40. The maximum atomic E-state index is 11.8. The van der Waals surface area contributed by atoms with Crippen LogP contribution in [0.25, 0.3) is 0 Å². The molecule has 0 aliphatic carbocycles. The number of nitrogens with one attached hydrogen (secondary N) is 1. The molecule has 0 saturated carbocycles. The molecule has 26 heavy (non-hydrogen) atoms. The number of alkyl carbamates (subject to hydrolysis) is 1. The number of ether oxygens (including phenoxy) is 1. The smallest absolute Gasteiger partial charge is 0.408 e. The van der Waals surface area contributed by atoms with Gasteiger partial charge in [-0.2, -0.15) is 0 Å². The minimum Gasteiger partial charge on any atom is -0.465 e. The molecule has 3 amide bonds. The van der Waals surface area contributed by atoms with Crippen molar-refractivity contribution in [1.82, 2.24) is 10.2 Å². The number of carbonyl (C=O) groups excluding carboxylic acids is 2. The topological polar surface area (TPSA) is 122 Å². The van der Waals surface area contributed by atoms with Gasteiger partial charge in [-0.1, -0.05) is 30.3 Å². The second kappa shape index (κ2) is 9.65. The molecular formula is C18H27N3O5. The first-order valence-corrected chi connectivity index (χ1v) is 8.40. The van der Waals surface area contributed by atoms with Crippen LogP contribution in [-0.4, -0.2) is 46.3 Å². The van der Waals surface area contributed by atoms with Gasteiger partial charge in [-0.3, -0.25) is 9.69 Å². The number of benzene rings is 1. The third-order valence-electron chi connectivity index (χ3n) is 3.47. The number of amides is 3. The quantitative estimate of drug-likeness (QED) is 0.610. The minimum absolute atomic E-state index is 0.0588. The second-order valence-corrected chi connectivity index (χ2v) is 6.89. The third kappa shape index (κ3) is 7.87. The molecule has 0 heterocycles. The van der Waals surface area contributed by atoms with E-state index in [0.29, 0.717) is 6.42 Å². The van der Waals surface area contributed by atoms with Crippen molar-refractivity contribution in [2.24, 2.45) is 5.73 Å². The van der Waals surface area contributed by atoms with Crippen LogP contribution in [0.15, 0.2) is 30.3 Å². The SMILES string of the molecule is CC(C)(C)OC(=O)NCCC[C@@H](C(N)=O)N(Cc1ccccc1)C(=O)O. The van der Waals surface area contributed by atoms with Crippen molar-refractivity contribution in [1.29, 1.82) is 0 Å². The highest BCUT2D eigenvalue weighted by atomic mass is 16.6. The largest absolute Gasteiger partial charge is 0.465 e. The van der Waals surface area contributed by atoms with E-state index in [0.717, 1.165) is 10.5 Å². The molecule has 1 atom stereocenters. The van der Waals surface area contributed by atoms with E-state index in [4.69, 9.17) is 10.5 Å². The maximum absolute atomic E-state index is 11.8. The van der Waals surface area contributed by atoms with Crippen LogP contribution < -0.4 is 11.1 Å². The van der Waals surface area contributed by atoms with Crippen molar-refractivity contribution in [2.75, 3.05) is 6.54 Å². The van der Waals surface area contributed by atoms with Crippen LogP contribution in [0, 0.1) is 0 Å². The molecule has 0 aromatic heterocycles.